The minimum absolute atomic E-state index is 0.0294. The molecule has 0 saturated carbocycles. The Bertz CT molecular complexity index is 549. The largest absolute Gasteiger partial charge is 0.468 e. The molecule has 1 atom stereocenters. The number of pyridine rings is 1. The van der Waals surface area contributed by atoms with E-state index in [0.29, 0.717) is 0 Å². The molecule has 0 spiro atoms. The summed E-state index contributed by atoms with van der Waals surface area (Å²) in [6.45, 7) is 13.0. The predicted octanol–water partition coefficient (Wildman–Crippen LogP) is 3.64. The van der Waals surface area contributed by atoms with Crippen molar-refractivity contribution in [2.24, 2.45) is 0 Å². The van der Waals surface area contributed by atoms with E-state index in [1.165, 1.54) is 6.07 Å². The fourth-order valence-electron chi connectivity index (χ4n) is 1.49. The van der Waals surface area contributed by atoms with Gasteiger partial charge in [0.25, 0.3) is 5.69 Å². The van der Waals surface area contributed by atoms with Crippen LogP contribution in [0.2, 0.25) is 0 Å². The Balaban J connectivity index is 0. The van der Waals surface area contributed by atoms with Crippen molar-refractivity contribution in [3.63, 3.8) is 0 Å². The van der Waals surface area contributed by atoms with Gasteiger partial charge in [-0.25, -0.2) is 0 Å². The summed E-state index contributed by atoms with van der Waals surface area (Å²) in [6, 6.07) is 2.38. The van der Waals surface area contributed by atoms with E-state index in [1.54, 1.807) is 20.8 Å². The van der Waals surface area contributed by atoms with E-state index < -0.39 is 28.4 Å². The average molecular weight is 356 g/mol. The molecule has 8 heteroatoms. The maximum atomic E-state index is 12.1. The highest BCUT2D eigenvalue weighted by molar-refractivity contribution is 6.00. The van der Waals surface area contributed by atoms with Crippen molar-refractivity contribution in [1.82, 2.24) is 4.98 Å². The van der Waals surface area contributed by atoms with Crippen LogP contribution in [0.1, 0.15) is 60.1 Å². The lowest BCUT2D eigenvalue weighted by molar-refractivity contribution is -0.385. The summed E-state index contributed by atoms with van der Waals surface area (Å²) >= 11 is 0. The number of nitro groups is 1. The zero-order valence-corrected chi connectivity index (χ0v) is 16.2. The van der Waals surface area contributed by atoms with Crippen LogP contribution in [0.4, 0.5) is 5.69 Å². The number of hydrogen-bond donors (Lipinski definition) is 0. The van der Waals surface area contributed by atoms with Gasteiger partial charge in [-0.15, -0.1) is 0 Å². The van der Waals surface area contributed by atoms with Crippen LogP contribution in [-0.4, -0.2) is 34.6 Å². The van der Waals surface area contributed by atoms with Crippen molar-refractivity contribution in [3.8, 4) is 0 Å². The van der Waals surface area contributed by atoms with Gasteiger partial charge in [0.2, 0.25) is 0 Å². The summed E-state index contributed by atoms with van der Waals surface area (Å²) in [6.07, 6.45) is 0.968. The topological polar surface area (TPSA) is 109 Å². The van der Waals surface area contributed by atoms with Crippen molar-refractivity contribution >= 4 is 17.6 Å². The lowest BCUT2D eigenvalue weighted by Crippen LogP contribution is -2.32. The monoisotopic (exact) mass is 356 g/mol. The van der Waals surface area contributed by atoms with E-state index in [1.807, 2.05) is 27.7 Å². The van der Waals surface area contributed by atoms with E-state index >= 15 is 0 Å². The third kappa shape index (κ3) is 8.78. The zero-order chi connectivity index (χ0) is 20.2. The van der Waals surface area contributed by atoms with Crippen molar-refractivity contribution in [2.75, 3.05) is 7.11 Å². The molecule has 25 heavy (non-hydrogen) atoms. The third-order valence-corrected chi connectivity index (χ3v) is 2.36. The highest BCUT2D eigenvalue weighted by Crippen LogP contribution is 2.22. The first-order valence-corrected chi connectivity index (χ1v) is 8.06. The van der Waals surface area contributed by atoms with Crippen LogP contribution in [0, 0.1) is 10.1 Å². The van der Waals surface area contributed by atoms with Gasteiger partial charge in [0.1, 0.15) is 11.8 Å². The van der Waals surface area contributed by atoms with Crippen LogP contribution < -0.4 is 0 Å². The first kappa shape index (κ1) is 24.7. The molecule has 0 aromatic carbocycles. The number of methoxy groups -OCH3 is 1. The van der Waals surface area contributed by atoms with Crippen LogP contribution in [-0.2, 0) is 19.1 Å². The van der Waals surface area contributed by atoms with Gasteiger partial charge < -0.3 is 9.47 Å². The number of nitrogens with zero attached hydrogens (tertiary/aromatic N) is 2. The van der Waals surface area contributed by atoms with Gasteiger partial charge in [-0.3, -0.25) is 24.7 Å². The Morgan fingerprint density at radius 2 is 1.64 bits per heavy atom. The number of aromatic nitrogens is 1. The quantitative estimate of drug-likeness (QED) is 0.350. The highest BCUT2D eigenvalue weighted by Gasteiger charge is 2.35. The molecule has 1 aromatic heterocycles. The van der Waals surface area contributed by atoms with Crippen LogP contribution in [0.3, 0.4) is 0 Å². The molecule has 1 heterocycles. The second-order valence-corrected chi connectivity index (χ2v) is 5.19. The molecule has 0 aliphatic rings. The fourth-order valence-corrected chi connectivity index (χ4v) is 1.49. The van der Waals surface area contributed by atoms with Crippen LogP contribution >= 0.6 is 0 Å². The Morgan fingerprint density at radius 1 is 1.12 bits per heavy atom. The normalized spacial score (nSPS) is 10.9. The van der Waals surface area contributed by atoms with Gasteiger partial charge in [0.15, 0.2) is 5.92 Å². The van der Waals surface area contributed by atoms with Gasteiger partial charge >= 0.3 is 11.9 Å². The highest BCUT2D eigenvalue weighted by atomic mass is 16.6. The smallest absolute Gasteiger partial charge is 0.327 e. The summed E-state index contributed by atoms with van der Waals surface area (Å²) in [5.41, 5.74) is -1.00. The first-order chi connectivity index (χ1) is 11.7. The van der Waals surface area contributed by atoms with Gasteiger partial charge in [-0.1, -0.05) is 27.7 Å². The second-order valence-electron chi connectivity index (χ2n) is 5.19. The molecule has 1 aromatic rings. The number of carbonyl (C=O) groups is 2. The minimum atomic E-state index is -1.38. The molecule has 142 valence electrons. The van der Waals surface area contributed by atoms with E-state index in [-0.39, 0.29) is 11.4 Å². The number of rotatable bonds is 4. The summed E-state index contributed by atoms with van der Waals surface area (Å²) in [5.74, 6) is -3.05. The second kappa shape index (κ2) is 11.9. The molecule has 0 radical (unpaired) electrons. The Kier molecular flexibility index (Phi) is 11.8. The van der Waals surface area contributed by atoms with Crippen molar-refractivity contribution in [3.05, 3.63) is 34.1 Å². The van der Waals surface area contributed by atoms with Gasteiger partial charge in [-0.05, 0) is 26.8 Å². The summed E-state index contributed by atoms with van der Waals surface area (Å²) in [5, 5.41) is 10.6. The number of ether oxygens (including phenoxy) is 2. The van der Waals surface area contributed by atoms with E-state index in [0.717, 1.165) is 19.4 Å². The van der Waals surface area contributed by atoms with Crippen LogP contribution in [0.15, 0.2) is 18.3 Å². The summed E-state index contributed by atoms with van der Waals surface area (Å²) in [4.78, 5) is 37.6. The zero-order valence-electron chi connectivity index (χ0n) is 16.2. The number of hydrogen-bond acceptors (Lipinski definition) is 7. The average Bonchev–Trinajstić information content (AvgIpc) is 2.57. The fraction of sp³-hybridized carbons (Fsp3) is 0.588. The van der Waals surface area contributed by atoms with Gasteiger partial charge in [-0.2, -0.15) is 0 Å². The Labute approximate surface area is 148 Å². The van der Waals surface area contributed by atoms with E-state index in [4.69, 9.17) is 4.74 Å². The van der Waals surface area contributed by atoms with E-state index in [2.05, 4.69) is 9.72 Å². The van der Waals surface area contributed by atoms with Gasteiger partial charge in [0, 0.05) is 6.07 Å². The Hall–Kier alpha value is -2.51. The molecular formula is C17H28N2O6. The molecule has 0 aliphatic heterocycles. The molecular weight excluding hydrogens is 328 g/mol. The predicted molar refractivity (Wildman–Crippen MR) is 94.2 cm³/mol. The molecule has 0 saturated heterocycles. The molecule has 0 N–H and O–H groups in total. The summed E-state index contributed by atoms with van der Waals surface area (Å²) < 4.78 is 9.71. The van der Waals surface area contributed by atoms with Crippen molar-refractivity contribution < 1.29 is 24.0 Å². The Morgan fingerprint density at radius 3 is 1.96 bits per heavy atom. The first-order valence-electron chi connectivity index (χ1n) is 8.06. The lowest BCUT2D eigenvalue weighted by Gasteiger charge is -2.22. The van der Waals surface area contributed by atoms with E-state index in [9.17, 15) is 19.7 Å². The van der Waals surface area contributed by atoms with Gasteiger partial charge in [0.05, 0.1) is 17.7 Å². The summed E-state index contributed by atoms with van der Waals surface area (Å²) in [7, 11) is 1.13. The van der Waals surface area contributed by atoms with Crippen LogP contribution in [0.25, 0.3) is 0 Å². The van der Waals surface area contributed by atoms with Crippen LogP contribution in [0.5, 0.6) is 0 Å². The molecule has 1 unspecified atom stereocenters. The molecule has 0 amide bonds. The molecule has 0 aliphatic carbocycles. The maximum absolute atomic E-state index is 12.1. The molecule has 8 nitrogen and oxygen atoms in total. The number of esters is 2. The minimum Gasteiger partial charge on any atom is -0.468 e. The maximum Gasteiger partial charge on any atom is 0.327 e. The number of carbonyl (C=O) groups excluding carboxylic acids is 2. The standard InChI is InChI=1S/C13H16N2O6.2C2H6/c1-13(2,3)21-12(17)10(11(16)20-4)9-6-5-8(7-14-9)15(18)19;2*1-2/h5-7,10H,1-4H3;2*1-2H3. The van der Waals surface area contributed by atoms with Crippen molar-refractivity contribution in [1.29, 1.82) is 0 Å². The lowest BCUT2D eigenvalue weighted by atomic mass is 10.0. The SMILES string of the molecule is CC.CC.COC(=O)C(C(=O)OC(C)(C)C)c1ccc([N+](=O)[O-])cn1. The molecule has 1 rings (SSSR count). The molecule has 0 bridgehead atoms. The third-order valence-electron chi connectivity index (χ3n) is 2.36. The van der Waals surface area contributed by atoms with Crippen molar-refractivity contribution in [2.45, 2.75) is 60.0 Å². The molecule has 0 fully saturated rings.